The van der Waals surface area contributed by atoms with Gasteiger partial charge >= 0.3 is 12.1 Å². The van der Waals surface area contributed by atoms with Gasteiger partial charge in [0.1, 0.15) is 12.0 Å². The third-order valence-corrected chi connectivity index (χ3v) is 2.57. The van der Waals surface area contributed by atoms with E-state index in [1.165, 1.54) is 0 Å². The summed E-state index contributed by atoms with van der Waals surface area (Å²) in [5.41, 5.74) is 0. The van der Waals surface area contributed by atoms with Gasteiger partial charge in [0.05, 0.1) is 12.6 Å². The second kappa shape index (κ2) is 5.12. The maximum Gasteiger partial charge on any atom is 0.408 e. The van der Waals surface area contributed by atoms with E-state index in [2.05, 4.69) is 0 Å². The summed E-state index contributed by atoms with van der Waals surface area (Å²) in [6, 6.07) is -1.17. The Morgan fingerprint density at radius 1 is 1.38 bits per heavy atom. The molecule has 1 aliphatic heterocycles. The molecule has 0 bridgehead atoms. The van der Waals surface area contributed by atoms with E-state index in [4.69, 9.17) is 14.9 Å². The van der Waals surface area contributed by atoms with Crippen molar-refractivity contribution in [2.45, 2.75) is 18.6 Å². The van der Waals surface area contributed by atoms with Crippen molar-refractivity contribution in [3.63, 3.8) is 0 Å². The lowest BCUT2D eigenvalue weighted by Crippen LogP contribution is -2.39. The lowest BCUT2D eigenvalue weighted by atomic mass is 10.2. The highest BCUT2D eigenvalue weighted by Gasteiger charge is 2.40. The number of hydrogen-bond acceptors (Lipinski definition) is 5. The van der Waals surface area contributed by atoms with E-state index in [0.29, 0.717) is 0 Å². The van der Waals surface area contributed by atoms with E-state index in [-0.39, 0.29) is 13.0 Å². The maximum absolute atomic E-state index is 10.7. The molecule has 1 rings (SSSR count). The van der Waals surface area contributed by atoms with Crippen molar-refractivity contribution in [2.24, 2.45) is 0 Å². The first kappa shape index (κ1) is 12.7. The molecule has 0 aromatic rings. The zero-order valence-corrected chi connectivity index (χ0v) is 9.00. The Morgan fingerprint density at radius 2 is 2.00 bits per heavy atom. The van der Waals surface area contributed by atoms with Crippen LogP contribution >= 0.6 is 0 Å². The first-order valence-corrected chi connectivity index (χ1v) is 5.74. The van der Waals surface area contributed by atoms with Crippen LogP contribution < -0.4 is 0 Å². The molecule has 0 aromatic carbocycles. The van der Waals surface area contributed by atoms with Crippen LogP contribution in [0.1, 0.15) is 6.42 Å². The number of amides is 1. The standard InChI is InChI=1S/C7H11NO7S/c9-6(10)5-1-4(15-3-16(13)14)2-8(5)7(11)12/h4-5,16H,1-3H2,(H,9,10)(H,11,12)/t4-,5-/m0/s1. The molecule has 0 unspecified atom stereocenters. The molecule has 9 heteroatoms. The SMILES string of the molecule is O=C(O)[C@@H]1C[C@H](OC[SH](=O)=O)CN1C(=O)O. The highest BCUT2D eigenvalue weighted by molar-refractivity contribution is 7.72. The summed E-state index contributed by atoms with van der Waals surface area (Å²) >= 11 is 0. The molecule has 1 aliphatic rings. The van der Waals surface area contributed by atoms with Gasteiger partial charge in [0.15, 0.2) is 10.7 Å². The van der Waals surface area contributed by atoms with Crippen LogP contribution in [0.4, 0.5) is 4.79 Å². The lowest BCUT2D eigenvalue weighted by molar-refractivity contribution is -0.141. The molecule has 0 aromatic heterocycles. The molecule has 92 valence electrons. The Bertz CT molecular complexity index is 336. The first-order valence-electron chi connectivity index (χ1n) is 4.37. The van der Waals surface area contributed by atoms with Gasteiger partial charge in [0.25, 0.3) is 0 Å². The van der Waals surface area contributed by atoms with Crippen molar-refractivity contribution in [3.8, 4) is 0 Å². The second-order valence-electron chi connectivity index (χ2n) is 3.28. The van der Waals surface area contributed by atoms with Gasteiger partial charge in [0, 0.05) is 6.42 Å². The van der Waals surface area contributed by atoms with Crippen LogP contribution in [0, 0.1) is 0 Å². The highest BCUT2D eigenvalue weighted by Crippen LogP contribution is 2.20. The van der Waals surface area contributed by atoms with Crippen LogP contribution in [0.3, 0.4) is 0 Å². The lowest BCUT2D eigenvalue weighted by Gasteiger charge is -2.16. The quantitative estimate of drug-likeness (QED) is 0.537. The van der Waals surface area contributed by atoms with Crippen LogP contribution in [0.5, 0.6) is 0 Å². The van der Waals surface area contributed by atoms with Crippen LogP contribution in [-0.4, -0.2) is 60.2 Å². The summed E-state index contributed by atoms with van der Waals surface area (Å²) in [5.74, 6) is -1.79. The minimum Gasteiger partial charge on any atom is -0.480 e. The number of carbonyl (C=O) groups is 2. The van der Waals surface area contributed by atoms with Gasteiger partial charge < -0.3 is 14.9 Å². The van der Waals surface area contributed by atoms with Gasteiger partial charge in [-0.15, -0.1) is 0 Å². The molecule has 0 saturated carbocycles. The van der Waals surface area contributed by atoms with E-state index in [1.807, 2.05) is 0 Å². The maximum atomic E-state index is 10.7. The largest absolute Gasteiger partial charge is 0.480 e. The first-order chi connectivity index (χ1) is 7.41. The van der Waals surface area contributed by atoms with Crippen LogP contribution in [0.2, 0.25) is 0 Å². The Hall–Kier alpha value is -1.35. The summed E-state index contributed by atoms with van der Waals surface area (Å²) in [6.45, 7) is -0.129. The summed E-state index contributed by atoms with van der Waals surface area (Å²) in [5, 5.41) is 17.5. The smallest absolute Gasteiger partial charge is 0.408 e. The minimum absolute atomic E-state index is 0.0369. The number of rotatable bonds is 4. The zero-order valence-electron chi connectivity index (χ0n) is 8.11. The molecular formula is C7H11NO7S. The Kier molecular flexibility index (Phi) is 4.07. The van der Waals surface area contributed by atoms with Crippen molar-refractivity contribution in [1.29, 1.82) is 0 Å². The number of aliphatic carboxylic acids is 1. The van der Waals surface area contributed by atoms with E-state index < -0.39 is 40.9 Å². The highest BCUT2D eigenvalue weighted by atomic mass is 32.2. The van der Waals surface area contributed by atoms with Gasteiger partial charge in [-0.25, -0.2) is 18.0 Å². The second-order valence-corrected chi connectivity index (χ2v) is 4.20. The van der Waals surface area contributed by atoms with Gasteiger partial charge in [-0.1, -0.05) is 0 Å². The number of hydrogen-bond donors (Lipinski definition) is 3. The number of carboxylic acids is 1. The summed E-state index contributed by atoms with van der Waals surface area (Å²) in [7, 11) is -2.71. The summed E-state index contributed by atoms with van der Waals surface area (Å²) in [4.78, 5) is 22.1. The summed E-state index contributed by atoms with van der Waals surface area (Å²) in [6.07, 6.45) is -2.08. The molecule has 0 radical (unpaired) electrons. The Morgan fingerprint density at radius 3 is 2.38 bits per heavy atom. The molecule has 0 aliphatic carbocycles. The van der Waals surface area contributed by atoms with Crippen molar-refractivity contribution in [3.05, 3.63) is 0 Å². The predicted molar refractivity (Wildman–Crippen MR) is 50.8 cm³/mol. The van der Waals surface area contributed by atoms with Gasteiger partial charge in [-0.05, 0) is 0 Å². The van der Waals surface area contributed by atoms with E-state index in [9.17, 15) is 18.0 Å². The third-order valence-electron chi connectivity index (χ3n) is 2.21. The normalized spacial score (nSPS) is 24.9. The third kappa shape index (κ3) is 3.07. The van der Waals surface area contributed by atoms with E-state index in [0.717, 1.165) is 4.90 Å². The Balaban J connectivity index is 2.61. The topological polar surface area (TPSA) is 121 Å². The number of thiol groups is 1. The van der Waals surface area contributed by atoms with Crippen LogP contribution in [0.25, 0.3) is 0 Å². The van der Waals surface area contributed by atoms with Crippen LogP contribution in [-0.2, 0) is 20.2 Å². The van der Waals surface area contributed by atoms with Crippen molar-refractivity contribution in [1.82, 2.24) is 4.90 Å². The monoisotopic (exact) mass is 253 g/mol. The fourth-order valence-corrected chi connectivity index (χ4v) is 1.86. The molecule has 2 atom stereocenters. The number of carboxylic acid groups (broad SMARTS) is 2. The molecule has 1 fully saturated rings. The van der Waals surface area contributed by atoms with Crippen molar-refractivity contribution in [2.75, 3.05) is 12.5 Å². The molecule has 1 saturated heterocycles. The molecule has 16 heavy (non-hydrogen) atoms. The average Bonchev–Trinajstić information content (AvgIpc) is 2.58. The number of likely N-dealkylation sites (tertiary alicyclic amines) is 1. The fraction of sp³-hybridized carbons (Fsp3) is 0.714. The van der Waals surface area contributed by atoms with E-state index >= 15 is 0 Å². The zero-order chi connectivity index (χ0) is 12.3. The van der Waals surface area contributed by atoms with E-state index in [1.54, 1.807) is 0 Å². The summed E-state index contributed by atoms with van der Waals surface area (Å²) < 4.78 is 25.4. The number of ether oxygens (including phenoxy) is 1. The van der Waals surface area contributed by atoms with Crippen molar-refractivity contribution >= 4 is 22.8 Å². The molecular weight excluding hydrogens is 242 g/mol. The molecule has 2 N–H and O–H groups in total. The molecule has 8 nitrogen and oxygen atoms in total. The molecule has 1 amide bonds. The molecule has 1 heterocycles. The van der Waals surface area contributed by atoms with Gasteiger partial charge in [0.2, 0.25) is 0 Å². The van der Waals surface area contributed by atoms with Gasteiger partial charge in [-0.3, -0.25) is 4.90 Å². The van der Waals surface area contributed by atoms with Crippen molar-refractivity contribution < 1.29 is 33.0 Å². The average molecular weight is 253 g/mol. The number of nitrogens with zero attached hydrogens (tertiary/aromatic N) is 1. The Labute approximate surface area is 92.4 Å². The fourth-order valence-electron chi connectivity index (χ4n) is 1.53. The molecule has 0 spiro atoms. The predicted octanol–water partition coefficient (Wildman–Crippen LogP) is -1.22. The van der Waals surface area contributed by atoms with Crippen LogP contribution in [0.15, 0.2) is 0 Å². The van der Waals surface area contributed by atoms with Gasteiger partial charge in [-0.2, -0.15) is 0 Å². The minimum atomic E-state index is -2.71.